The molecule has 2 fully saturated rings. The third-order valence-electron chi connectivity index (χ3n) is 5.37. The van der Waals surface area contributed by atoms with Gasteiger partial charge in [-0.15, -0.1) is 0 Å². The van der Waals surface area contributed by atoms with Crippen LogP contribution >= 0.6 is 0 Å². The van der Waals surface area contributed by atoms with Crippen molar-refractivity contribution in [3.8, 4) is 0 Å². The molecule has 3 N–H and O–H groups in total. The molecule has 1 aliphatic heterocycles. The van der Waals surface area contributed by atoms with Crippen LogP contribution in [0.3, 0.4) is 0 Å². The van der Waals surface area contributed by atoms with E-state index < -0.39 is 0 Å². The second-order valence-electron chi connectivity index (χ2n) is 7.64. The van der Waals surface area contributed by atoms with Crippen molar-refractivity contribution in [2.45, 2.75) is 64.4 Å². The maximum atomic E-state index is 12.4. The summed E-state index contributed by atoms with van der Waals surface area (Å²) in [6.45, 7) is 7.61. The average molecular weight is 345 g/mol. The van der Waals surface area contributed by atoms with Gasteiger partial charge in [0.2, 0.25) is 5.91 Å². The van der Waals surface area contributed by atoms with Crippen LogP contribution in [0.4, 0.5) is 0 Å². The Morgan fingerprint density at radius 2 is 1.88 bits per heavy atom. The Hall–Kier alpha value is -1.43. The van der Waals surface area contributed by atoms with E-state index in [9.17, 15) is 4.79 Å². The minimum absolute atomic E-state index is 0.0200. The molecule has 0 spiro atoms. The van der Waals surface area contributed by atoms with Crippen molar-refractivity contribution in [2.24, 2.45) is 11.7 Å². The Morgan fingerprint density at radius 1 is 1.20 bits per heavy atom. The molecule has 0 unspecified atom stereocenters. The van der Waals surface area contributed by atoms with Gasteiger partial charge in [-0.1, -0.05) is 30.7 Å². The summed E-state index contributed by atoms with van der Waals surface area (Å²) < 4.78 is 5.82. The molecule has 1 heterocycles. The number of nitrogens with zero attached hydrogens (tertiary/aromatic N) is 1. The maximum absolute atomic E-state index is 12.4. The van der Waals surface area contributed by atoms with Gasteiger partial charge in [0.15, 0.2) is 0 Å². The molecular formula is C20H31N3O2. The number of benzene rings is 1. The van der Waals surface area contributed by atoms with Crippen LogP contribution < -0.4 is 11.1 Å². The van der Waals surface area contributed by atoms with Gasteiger partial charge >= 0.3 is 0 Å². The zero-order valence-corrected chi connectivity index (χ0v) is 15.4. The normalized spacial score (nSPS) is 30.4. The predicted molar refractivity (Wildman–Crippen MR) is 98.9 cm³/mol. The third-order valence-corrected chi connectivity index (χ3v) is 5.37. The SMILES string of the molecule is C[C@@H]1CN(Cc2ccccc2CNC(=O)[C@@H]2CCC[C@@H]2N)C[C@H](C)O1. The molecule has 1 saturated heterocycles. The highest BCUT2D eigenvalue weighted by atomic mass is 16.5. The lowest BCUT2D eigenvalue weighted by Gasteiger charge is -2.35. The summed E-state index contributed by atoms with van der Waals surface area (Å²) in [5.41, 5.74) is 8.52. The van der Waals surface area contributed by atoms with Crippen molar-refractivity contribution in [1.82, 2.24) is 10.2 Å². The number of nitrogens with two attached hydrogens (primary N) is 1. The first-order chi connectivity index (χ1) is 12.0. The highest BCUT2D eigenvalue weighted by Crippen LogP contribution is 2.24. The van der Waals surface area contributed by atoms with Gasteiger partial charge in [0, 0.05) is 32.2 Å². The first-order valence-corrected chi connectivity index (χ1v) is 9.51. The number of morpholine rings is 1. The summed E-state index contributed by atoms with van der Waals surface area (Å²) in [5, 5.41) is 3.10. The molecular weight excluding hydrogens is 314 g/mol. The molecule has 0 radical (unpaired) electrons. The Bertz CT molecular complexity index is 582. The summed E-state index contributed by atoms with van der Waals surface area (Å²) in [6.07, 6.45) is 3.46. The van der Waals surface area contributed by atoms with E-state index in [1.165, 1.54) is 11.1 Å². The molecule has 4 atom stereocenters. The largest absolute Gasteiger partial charge is 0.373 e. The topological polar surface area (TPSA) is 67.6 Å². The fourth-order valence-corrected chi connectivity index (χ4v) is 4.17. The summed E-state index contributed by atoms with van der Waals surface area (Å²) >= 11 is 0. The molecule has 1 aromatic carbocycles. The highest BCUT2D eigenvalue weighted by Gasteiger charge is 2.30. The lowest BCUT2D eigenvalue weighted by Crippen LogP contribution is -2.45. The number of rotatable bonds is 5. The fourth-order valence-electron chi connectivity index (χ4n) is 4.17. The van der Waals surface area contributed by atoms with E-state index >= 15 is 0 Å². The first kappa shape index (κ1) is 18.4. The molecule has 5 nitrogen and oxygen atoms in total. The fraction of sp³-hybridized carbons (Fsp3) is 0.650. The molecule has 5 heteroatoms. The van der Waals surface area contributed by atoms with Crippen LogP contribution in [-0.4, -0.2) is 42.1 Å². The van der Waals surface area contributed by atoms with Crippen LogP contribution in [0.2, 0.25) is 0 Å². The molecule has 0 aromatic heterocycles. The zero-order chi connectivity index (χ0) is 17.8. The minimum atomic E-state index is -0.0203. The molecule has 1 amide bonds. The summed E-state index contributed by atoms with van der Waals surface area (Å²) in [7, 11) is 0. The number of carbonyl (C=O) groups is 1. The maximum Gasteiger partial charge on any atom is 0.224 e. The van der Waals surface area contributed by atoms with E-state index in [2.05, 4.69) is 42.3 Å². The van der Waals surface area contributed by atoms with Gasteiger partial charge in [-0.2, -0.15) is 0 Å². The quantitative estimate of drug-likeness (QED) is 0.857. The van der Waals surface area contributed by atoms with Gasteiger partial charge in [-0.05, 0) is 37.8 Å². The Kier molecular flexibility index (Phi) is 6.10. The van der Waals surface area contributed by atoms with Crippen molar-refractivity contribution in [3.05, 3.63) is 35.4 Å². The number of ether oxygens (including phenoxy) is 1. The highest BCUT2D eigenvalue weighted by molar-refractivity contribution is 5.79. The van der Waals surface area contributed by atoms with Crippen LogP contribution in [0.15, 0.2) is 24.3 Å². The summed E-state index contributed by atoms with van der Waals surface area (Å²) in [4.78, 5) is 14.8. The standard InChI is InChI=1S/C20H31N3O2/c1-14-11-23(12-15(2)25-14)13-17-7-4-3-6-16(17)10-22-20(24)18-8-5-9-19(18)21/h3-4,6-7,14-15,18-19H,5,8-13,21H2,1-2H3,(H,22,24)/t14-,15+,18-,19+/m1/s1. The Labute approximate surface area is 150 Å². The number of carbonyl (C=O) groups excluding carboxylic acids is 1. The Balaban J connectivity index is 1.60. The smallest absolute Gasteiger partial charge is 0.224 e. The van der Waals surface area contributed by atoms with Crippen molar-refractivity contribution in [3.63, 3.8) is 0 Å². The van der Waals surface area contributed by atoms with E-state index in [1.54, 1.807) is 0 Å². The number of amides is 1. The van der Waals surface area contributed by atoms with Crippen molar-refractivity contribution in [2.75, 3.05) is 13.1 Å². The molecule has 2 aliphatic rings. The van der Waals surface area contributed by atoms with Gasteiger partial charge < -0.3 is 15.8 Å². The van der Waals surface area contributed by atoms with E-state index in [1.807, 2.05) is 6.07 Å². The second-order valence-corrected chi connectivity index (χ2v) is 7.64. The van der Waals surface area contributed by atoms with Crippen LogP contribution in [0.1, 0.15) is 44.2 Å². The third kappa shape index (κ3) is 4.81. The van der Waals surface area contributed by atoms with Gasteiger partial charge in [-0.25, -0.2) is 0 Å². The lowest BCUT2D eigenvalue weighted by molar-refractivity contribution is -0.125. The monoisotopic (exact) mass is 345 g/mol. The van der Waals surface area contributed by atoms with Gasteiger partial charge in [0.25, 0.3) is 0 Å². The molecule has 138 valence electrons. The van der Waals surface area contributed by atoms with Crippen molar-refractivity contribution < 1.29 is 9.53 Å². The van der Waals surface area contributed by atoms with Gasteiger partial charge in [-0.3, -0.25) is 9.69 Å². The molecule has 1 saturated carbocycles. The van der Waals surface area contributed by atoms with Gasteiger partial charge in [0.1, 0.15) is 0 Å². The lowest BCUT2D eigenvalue weighted by atomic mass is 10.0. The first-order valence-electron chi connectivity index (χ1n) is 9.51. The molecule has 3 rings (SSSR count). The average Bonchev–Trinajstić information content (AvgIpc) is 2.99. The van der Waals surface area contributed by atoms with Gasteiger partial charge in [0.05, 0.1) is 18.1 Å². The second kappa shape index (κ2) is 8.30. The van der Waals surface area contributed by atoms with Crippen LogP contribution in [0, 0.1) is 5.92 Å². The van der Waals surface area contributed by atoms with Crippen molar-refractivity contribution >= 4 is 5.91 Å². The van der Waals surface area contributed by atoms with Crippen molar-refractivity contribution in [1.29, 1.82) is 0 Å². The van der Waals surface area contributed by atoms with E-state index in [4.69, 9.17) is 10.5 Å². The summed E-state index contributed by atoms with van der Waals surface area (Å²) in [5.74, 6) is 0.0847. The van der Waals surface area contributed by atoms with Crippen LogP contribution in [0.5, 0.6) is 0 Å². The summed E-state index contributed by atoms with van der Waals surface area (Å²) in [6, 6.07) is 8.40. The number of hydrogen-bond acceptors (Lipinski definition) is 4. The van der Waals surface area contributed by atoms with Crippen LogP contribution in [-0.2, 0) is 22.6 Å². The zero-order valence-electron chi connectivity index (χ0n) is 15.4. The molecule has 25 heavy (non-hydrogen) atoms. The Morgan fingerprint density at radius 3 is 2.52 bits per heavy atom. The number of nitrogens with one attached hydrogen (secondary N) is 1. The van der Waals surface area contributed by atoms with E-state index in [-0.39, 0.29) is 30.1 Å². The van der Waals surface area contributed by atoms with E-state index in [0.717, 1.165) is 38.9 Å². The molecule has 0 bridgehead atoms. The number of hydrogen-bond donors (Lipinski definition) is 2. The van der Waals surface area contributed by atoms with Crippen LogP contribution in [0.25, 0.3) is 0 Å². The molecule has 1 aliphatic carbocycles. The predicted octanol–water partition coefficient (Wildman–Crippen LogP) is 2.04. The van der Waals surface area contributed by atoms with E-state index in [0.29, 0.717) is 6.54 Å². The minimum Gasteiger partial charge on any atom is -0.373 e. The molecule has 1 aromatic rings.